The Hall–Kier alpha value is -1.35. The van der Waals surface area contributed by atoms with Crippen molar-refractivity contribution in [1.29, 1.82) is 0 Å². The fraction of sp³-hybridized carbons (Fsp3) is 0.632. The van der Waals surface area contributed by atoms with Crippen LogP contribution in [0.5, 0.6) is 0 Å². The van der Waals surface area contributed by atoms with Crippen LogP contribution in [0.2, 0.25) is 0 Å². The van der Waals surface area contributed by atoms with E-state index in [4.69, 9.17) is 0 Å². The summed E-state index contributed by atoms with van der Waals surface area (Å²) in [4.78, 5) is 14.2. The van der Waals surface area contributed by atoms with Crippen LogP contribution in [0.4, 0.5) is 0 Å². The van der Waals surface area contributed by atoms with Crippen molar-refractivity contribution >= 4 is 5.91 Å². The Balaban J connectivity index is 1.71. The van der Waals surface area contributed by atoms with E-state index in [1.165, 1.54) is 17.5 Å². The standard InChI is InChI=1S/C19H30N2O/c1-15-10-12-21(13-15)14-18(22)20-11-9-16-5-7-17(8-6-16)19(2,3)4/h5-8,15H,9-14H2,1-4H3,(H,20,22). The molecular formula is C19H30N2O. The third-order valence-electron chi connectivity index (χ3n) is 4.43. The highest BCUT2D eigenvalue weighted by Gasteiger charge is 2.20. The summed E-state index contributed by atoms with van der Waals surface area (Å²) in [6.45, 7) is 12.3. The number of rotatable bonds is 5. The molecule has 1 atom stereocenters. The average Bonchev–Trinajstić information content (AvgIpc) is 2.83. The van der Waals surface area contributed by atoms with Gasteiger partial charge in [0.05, 0.1) is 6.54 Å². The molecule has 0 saturated carbocycles. The van der Waals surface area contributed by atoms with Crippen LogP contribution in [-0.2, 0) is 16.6 Å². The van der Waals surface area contributed by atoms with Gasteiger partial charge in [-0.3, -0.25) is 9.69 Å². The van der Waals surface area contributed by atoms with E-state index in [-0.39, 0.29) is 11.3 Å². The first-order valence-electron chi connectivity index (χ1n) is 8.43. The Kier molecular flexibility index (Phi) is 5.63. The maximum atomic E-state index is 11.9. The molecule has 1 aromatic carbocycles. The molecule has 1 aliphatic heterocycles. The minimum Gasteiger partial charge on any atom is -0.355 e. The molecule has 0 spiro atoms. The lowest BCUT2D eigenvalue weighted by Crippen LogP contribution is -2.36. The zero-order valence-corrected chi connectivity index (χ0v) is 14.5. The molecule has 1 fully saturated rings. The molecule has 3 heteroatoms. The Morgan fingerprint density at radius 3 is 2.50 bits per heavy atom. The maximum Gasteiger partial charge on any atom is 0.234 e. The van der Waals surface area contributed by atoms with Gasteiger partial charge in [-0.15, -0.1) is 0 Å². The molecule has 0 bridgehead atoms. The fourth-order valence-corrected chi connectivity index (χ4v) is 2.95. The number of benzene rings is 1. The summed E-state index contributed by atoms with van der Waals surface area (Å²) in [5.41, 5.74) is 2.83. The first kappa shape index (κ1) is 17.0. The molecule has 1 aliphatic rings. The smallest absolute Gasteiger partial charge is 0.234 e. The van der Waals surface area contributed by atoms with Gasteiger partial charge in [0, 0.05) is 13.1 Å². The molecule has 1 saturated heterocycles. The van der Waals surface area contributed by atoms with E-state index >= 15 is 0 Å². The number of carbonyl (C=O) groups excluding carboxylic acids is 1. The zero-order chi connectivity index (χ0) is 16.2. The zero-order valence-electron chi connectivity index (χ0n) is 14.5. The Morgan fingerprint density at radius 1 is 1.27 bits per heavy atom. The lowest BCUT2D eigenvalue weighted by molar-refractivity contribution is -0.122. The fourth-order valence-electron chi connectivity index (χ4n) is 2.95. The van der Waals surface area contributed by atoms with E-state index in [9.17, 15) is 4.79 Å². The van der Waals surface area contributed by atoms with Crippen LogP contribution in [0.1, 0.15) is 45.2 Å². The molecular weight excluding hydrogens is 272 g/mol. The van der Waals surface area contributed by atoms with Gasteiger partial charge < -0.3 is 5.32 Å². The van der Waals surface area contributed by atoms with Crippen molar-refractivity contribution in [2.75, 3.05) is 26.2 Å². The molecule has 0 radical (unpaired) electrons. The third-order valence-corrected chi connectivity index (χ3v) is 4.43. The summed E-state index contributed by atoms with van der Waals surface area (Å²) < 4.78 is 0. The normalized spacial score (nSPS) is 19.4. The summed E-state index contributed by atoms with van der Waals surface area (Å²) in [6.07, 6.45) is 2.11. The summed E-state index contributed by atoms with van der Waals surface area (Å²) >= 11 is 0. The lowest BCUT2D eigenvalue weighted by atomic mass is 9.86. The summed E-state index contributed by atoms with van der Waals surface area (Å²) in [5, 5.41) is 3.04. The van der Waals surface area contributed by atoms with Crippen molar-refractivity contribution in [3.63, 3.8) is 0 Å². The van der Waals surface area contributed by atoms with Gasteiger partial charge in [-0.2, -0.15) is 0 Å². The van der Waals surface area contributed by atoms with Gasteiger partial charge in [-0.1, -0.05) is 52.0 Å². The molecule has 0 aromatic heterocycles. The lowest BCUT2D eigenvalue weighted by Gasteiger charge is -2.19. The van der Waals surface area contributed by atoms with Crippen molar-refractivity contribution in [3.8, 4) is 0 Å². The molecule has 1 unspecified atom stereocenters. The van der Waals surface area contributed by atoms with Crippen LogP contribution in [-0.4, -0.2) is 37.0 Å². The Bertz CT molecular complexity index is 487. The largest absolute Gasteiger partial charge is 0.355 e. The minimum atomic E-state index is 0.153. The molecule has 1 N–H and O–H groups in total. The van der Waals surface area contributed by atoms with Crippen LogP contribution in [0.15, 0.2) is 24.3 Å². The van der Waals surface area contributed by atoms with Crippen LogP contribution >= 0.6 is 0 Å². The highest BCUT2D eigenvalue weighted by molar-refractivity contribution is 5.78. The molecule has 122 valence electrons. The topological polar surface area (TPSA) is 32.3 Å². The maximum absolute atomic E-state index is 11.9. The number of nitrogens with zero attached hydrogens (tertiary/aromatic N) is 1. The predicted molar refractivity (Wildman–Crippen MR) is 92.1 cm³/mol. The van der Waals surface area contributed by atoms with Crippen molar-refractivity contribution in [3.05, 3.63) is 35.4 Å². The minimum absolute atomic E-state index is 0.153. The molecule has 3 nitrogen and oxygen atoms in total. The number of carbonyl (C=O) groups is 1. The summed E-state index contributed by atoms with van der Waals surface area (Å²) in [7, 11) is 0. The monoisotopic (exact) mass is 302 g/mol. The highest BCUT2D eigenvalue weighted by atomic mass is 16.2. The van der Waals surface area contributed by atoms with Gasteiger partial charge in [-0.25, -0.2) is 0 Å². The molecule has 22 heavy (non-hydrogen) atoms. The van der Waals surface area contributed by atoms with Crippen molar-refractivity contribution in [2.45, 2.75) is 46.0 Å². The van der Waals surface area contributed by atoms with E-state index in [0.717, 1.165) is 32.0 Å². The average molecular weight is 302 g/mol. The van der Waals surface area contributed by atoms with Crippen LogP contribution in [0.3, 0.4) is 0 Å². The predicted octanol–water partition coefficient (Wildman–Crippen LogP) is 2.98. The summed E-state index contributed by atoms with van der Waals surface area (Å²) in [6, 6.07) is 8.75. The van der Waals surface area contributed by atoms with Crippen molar-refractivity contribution in [1.82, 2.24) is 10.2 Å². The van der Waals surface area contributed by atoms with Gasteiger partial charge in [0.25, 0.3) is 0 Å². The molecule has 0 aliphatic carbocycles. The molecule has 2 rings (SSSR count). The second kappa shape index (κ2) is 7.28. The van der Waals surface area contributed by atoms with Crippen molar-refractivity contribution < 1.29 is 4.79 Å². The van der Waals surface area contributed by atoms with Crippen molar-refractivity contribution in [2.24, 2.45) is 5.92 Å². The molecule has 1 aromatic rings. The Morgan fingerprint density at radius 2 is 1.95 bits per heavy atom. The SMILES string of the molecule is CC1CCN(CC(=O)NCCc2ccc(C(C)(C)C)cc2)C1. The third kappa shape index (κ3) is 5.13. The van der Waals surface area contributed by atoms with E-state index in [0.29, 0.717) is 6.54 Å². The van der Waals surface area contributed by atoms with Gasteiger partial charge in [0.1, 0.15) is 0 Å². The van der Waals surface area contributed by atoms with E-state index in [1.807, 2.05) is 0 Å². The van der Waals surface area contributed by atoms with Crippen LogP contribution in [0, 0.1) is 5.92 Å². The van der Waals surface area contributed by atoms with E-state index in [2.05, 4.69) is 62.2 Å². The Labute approximate surface area is 135 Å². The number of nitrogens with one attached hydrogen (secondary N) is 1. The van der Waals surface area contributed by atoms with Gasteiger partial charge in [0.15, 0.2) is 0 Å². The van der Waals surface area contributed by atoms with Gasteiger partial charge in [-0.05, 0) is 41.8 Å². The highest BCUT2D eigenvalue weighted by Crippen LogP contribution is 2.22. The first-order valence-corrected chi connectivity index (χ1v) is 8.43. The summed E-state index contributed by atoms with van der Waals surface area (Å²) in [5.74, 6) is 0.884. The van der Waals surface area contributed by atoms with E-state index < -0.39 is 0 Å². The second-order valence-corrected chi connectivity index (χ2v) is 7.68. The van der Waals surface area contributed by atoms with Crippen LogP contribution < -0.4 is 5.32 Å². The second-order valence-electron chi connectivity index (χ2n) is 7.68. The number of hydrogen-bond donors (Lipinski definition) is 1. The van der Waals surface area contributed by atoms with Gasteiger partial charge in [0.2, 0.25) is 5.91 Å². The number of likely N-dealkylation sites (tertiary alicyclic amines) is 1. The molecule has 1 amide bonds. The first-order chi connectivity index (χ1) is 10.3. The number of amides is 1. The van der Waals surface area contributed by atoms with E-state index in [1.54, 1.807) is 0 Å². The van der Waals surface area contributed by atoms with Gasteiger partial charge >= 0.3 is 0 Å². The number of hydrogen-bond acceptors (Lipinski definition) is 2. The quantitative estimate of drug-likeness (QED) is 0.907. The molecule has 1 heterocycles. The van der Waals surface area contributed by atoms with Crippen LogP contribution in [0.25, 0.3) is 0 Å².